The number of hydrogen-bond acceptors (Lipinski definition) is 5. The molecule has 0 aromatic heterocycles. The fourth-order valence-corrected chi connectivity index (χ4v) is 4.88. The normalized spacial score (nSPS) is 15.6. The van der Waals surface area contributed by atoms with E-state index in [1.54, 1.807) is 4.90 Å². The molecule has 1 aromatic carbocycles. The highest BCUT2D eigenvalue weighted by Gasteiger charge is 2.25. The Labute approximate surface area is 176 Å². The second-order valence-electron chi connectivity index (χ2n) is 7.54. The molecule has 0 unspecified atom stereocenters. The van der Waals surface area contributed by atoms with Gasteiger partial charge in [-0.25, -0.2) is 8.42 Å². The van der Waals surface area contributed by atoms with Crippen LogP contribution in [0.5, 0.6) is 0 Å². The van der Waals surface area contributed by atoms with E-state index in [2.05, 4.69) is 24.1 Å². The number of aryl methyl sites for hydroxylation is 1. The summed E-state index contributed by atoms with van der Waals surface area (Å²) >= 11 is 0. The molecule has 1 heterocycles. The Hall–Kier alpha value is -1.48. The summed E-state index contributed by atoms with van der Waals surface area (Å²) in [5, 5.41) is 3.17. The van der Waals surface area contributed by atoms with Crippen molar-refractivity contribution >= 4 is 15.9 Å². The number of rotatable bonds is 11. The molecule has 164 valence electrons. The topological polar surface area (TPSA) is 73.0 Å². The number of carbonyl (C=O) groups excluding carboxylic acids is 1. The summed E-state index contributed by atoms with van der Waals surface area (Å²) in [6.07, 6.45) is 0.298. The van der Waals surface area contributed by atoms with Gasteiger partial charge >= 0.3 is 0 Å². The van der Waals surface area contributed by atoms with Gasteiger partial charge in [-0.1, -0.05) is 43.7 Å². The maximum Gasteiger partial charge on any atom is 0.227 e. The number of likely N-dealkylation sites (N-methyl/N-ethyl adjacent to an activating group) is 1. The van der Waals surface area contributed by atoms with Gasteiger partial charge in [0, 0.05) is 45.8 Å². The quantitative estimate of drug-likeness (QED) is 0.572. The average Bonchev–Trinajstić information content (AvgIpc) is 2.73. The molecule has 7 nitrogen and oxygen atoms in total. The molecule has 2 rings (SSSR count). The highest BCUT2D eigenvalue weighted by Crippen LogP contribution is 2.09. The van der Waals surface area contributed by atoms with E-state index in [4.69, 9.17) is 0 Å². The predicted octanol–water partition coefficient (Wildman–Crippen LogP) is 0.943. The summed E-state index contributed by atoms with van der Waals surface area (Å²) in [5.41, 5.74) is 2.11. The number of amides is 1. The van der Waals surface area contributed by atoms with Gasteiger partial charge < -0.3 is 15.1 Å². The Balaban J connectivity index is 2.02. The molecule has 8 heteroatoms. The zero-order chi connectivity index (χ0) is 21.3. The van der Waals surface area contributed by atoms with Gasteiger partial charge in [-0.05, 0) is 25.6 Å². The number of sulfonamides is 1. The molecule has 1 saturated heterocycles. The molecule has 0 spiro atoms. The molecule has 0 saturated carbocycles. The van der Waals surface area contributed by atoms with Crippen molar-refractivity contribution in [1.29, 1.82) is 0 Å². The number of piperazine rings is 1. The Bertz CT molecular complexity index is 727. The molecule has 0 aliphatic carbocycles. The van der Waals surface area contributed by atoms with Gasteiger partial charge in [0.15, 0.2) is 0 Å². The van der Waals surface area contributed by atoms with Crippen LogP contribution in [0.25, 0.3) is 0 Å². The highest BCUT2D eigenvalue weighted by molar-refractivity contribution is 7.89. The summed E-state index contributed by atoms with van der Waals surface area (Å²) in [6.45, 7) is 11.9. The van der Waals surface area contributed by atoms with Gasteiger partial charge in [0.25, 0.3) is 0 Å². The minimum Gasteiger partial charge on any atom is -0.340 e. The molecule has 1 fully saturated rings. The number of nitrogens with zero attached hydrogens (tertiary/aromatic N) is 3. The number of hydrogen-bond donors (Lipinski definition) is 1. The monoisotopic (exact) mass is 424 g/mol. The van der Waals surface area contributed by atoms with Crippen molar-refractivity contribution in [2.75, 3.05) is 64.7 Å². The third-order valence-electron chi connectivity index (χ3n) is 5.50. The van der Waals surface area contributed by atoms with Crippen LogP contribution in [0.1, 0.15) is 25.0 Å². The lowest BCUT2D eigenvalue weighted by Crippen LogP contribution is -2.49. The van der Waals surface area contributed by atoms with E-state index >= 15 is 0 Å². The van der Waals surface area contributed by atoms with Crippen LogP contribution < -0.4 is 5.32 Å². The maximum atomic E-state index is 13.0. The zero-order valence-electron chi connectivity index (χ0n) is 18.1. The van der Waals surface area contributed by atoms with Gasteiger partial charge in [-0.15, -0.1) is 0 Å². The van der Waals surface area contributed by atoms with E-state index in [-0.39, 0.29) is 18.2 Å². The number of benzene rings is 1. The first-order valence-electron chi connectivity index (χ1n) is 10.6. The zero-order valence-corrected chi connectivity index (χ0v) is 18.9. The largest absolute Gasteiger partial charge is 0.340 e. The molecule has 0 radical (unpaired) electrons. The van der Waals surface area contributed by atoms with E-state index in [0.29, 0.717) is 39.1 Å². The van der Waals surface area contributed by atoms with Crippen molar-refractivity contribution in [3.63, 3.8) is 0 Å². The summed E-state index contributed by atoms with van der Waals surface area (Å²) < 4.78 is 27.0. The lowest BCUT2D eigenvalue weighted by molar-refractivity contribution is -0.130. The summed E-state index contributed by atoms with van der Waals surface area (Å²) in [6, 6.07) is 7.93. The van der Waals surface area contributed by atoms with Crippen molar-refractivity contribution in [3.8, 4) is 0 Å². The highest BCUT2D eigenvalue weighted by atomic mass is 32.2. The Morgan fingerprint density at radius 1 is 1.03 bits per heavy atom. The van der Waals surface area contributed by atoms with Crippen molar-refractivity contribution < 1.29 is 13.2 Å². The van der Waals surface area contributed by atoms with E-state index < -0.39 is 10.0 Å². The van der Waals surface area contributed by atoms with Crippen molar-refractivity contribution in [2.24, 2.45) is 0 Å². The van der Waals surface area contributed by atoms with Crippen LogP contribution in [0.4, 0.5) is 0 Å². The third kappa shape index (κ3) is 7.70. The third-order valence-corrected chi connectivity index (χ3v) is 7.35. The fourth-order valence-electron chi connectivity index (χ4n) is 3.43. The van der Waals surface area contributed by atoms with Crippen molar-refractivity contribution in [3.05, 3.63) is 35.4 Å². The van der Waals surface area contributed by atoms with Crippen molar-refractivity contribution in [2.45, 2.75) is 27.2 Å². The first-order valence-corrected chi connectivity index (χ1v) is 12.2. The van der Waals surface area contributed by atoms with Gasteiger partial charge in [0.05, 0.1) is 12.2 Å². The average molecular weight is 425 g/mol. The van der Waals surface area contributed by atoms with Crippen LogP contribution in [0, 0.1) is 6.92 Å². The Kier molecular flexibility index (Phi) is 9.55. The van der Waals surface area contributed by atoms with E-state index in [9.17, 15) is 13.2 Å². The minimum atomic E-state index is -3.35. The van der Waals surface area contributed by atoms with Crippen molar-refractivity contribution in [1.82, 2.24) is 19.4 Å². The number of nitrogens with one attached hydrogen (secondary N) is 1. The van der Waals surface area contributed by atoms with Gasteiger partial charge in [0.1, 0.15) is 0 Å². The Morgan fingerprint density at radius 2 is 1.66 bits per heavy atom. The van der Waals surface area contributed by atoms with E-state index in [1.165, 1.54) is 4.31 Å². The standard InChI is InChI=1S/C21H36N4O3S/c1-4-23(5-2)14-15-24(21(26)18-20-8-6-19(3)7-9-20)16-17-29(27,28)25-12-10-22-11-13-25/h6-9,22H,4-5,10-18H2,1-3H3. The fraction of sp³-hybridized carbons (Fsp3) is 0.667. The van der Waals surface area contributed by atoms with Crippen LogP contribution in [-0.4, -0.2) is 93.1 Å². The second-order valence-corrected chi connectivity index (χ2v) is 9.62. The second kappa shape index (κ2) is 11.6. The molecule has 0 atom stereocenters. The summed E-state index contributed by atoms with van der Waals surface area (Å²) in [5.74, 6) is -0.0400. The maximum absolute atomic E-state index is 13.0. The minimum absolute atomic E-state index is 0.0171. The van der Waals surface area contributed by atoms with E-state index in [1.807, 2.05) is 31.2 Å². The lowest BCUT2D eigenvalue weighted by Gasteiger charge is -2.29. The van der Waals surface area contributed by atoms with E-state index in [0.717, 1.165) is 30.8 Å². The molecule has 1 aliphatic heterocycles. The first-order chi connectivity index (χ1) is 13.9. The Morgan fingerprint density at radius 3 is 2.24 bits per heavy atom. The lowest BCUT2D eigenvalue weighted by atomic mass is 10.1. The SMILES string of the molecule is CCN(CC)CCN(CCS(=O)(=O)N1CCNCC1)C(=O)Cc1ccc(C)cc1. The van der Waals surface area contributed by atoms with Gasteiger partial charge in [0.2, 0.25) is 15.9 Å². The van der Waals surface area contributed by atoms with Gasteiger partial charge in [-0.2, -0.15) is 4.31 Å². The summed E-state index contributed by atoms with van der Waals surface area (Å²) in [7, 11) is -3.35. The van der Waals surface area contributed by atoms with Gasteiger partial charge in [-0.3, -0.25) is 4.79 Å². The first kappa shape index (κ1) is 23.8. The predicted molar refractivity (Wildman–Crippen MR) is 117 cm³/mol. The molecule has 1 aliphatic rings. The summed E-state index contributed by atoms with van der Waals surface area (Å²) in [4.78, 5) is 16.9. The van der Waals surface area contributed by atoms with Crippen LogP contribution in [0.3, 0.4) is 0 Å². The molecule has 1 amide bonds. The smallest absolute Gasteiger partial charge is 0.227 e. The molecular formula is C21H36N4O3S. The molecular weight excluding hydrogens is 388 g/mol. The van der Waals surface area contributed by atoms with Crippen LogP contribution in [0.2, 0.25) is 0 Å². The molecule has 1 aromatic rings. The van der Waals surface area contributed by atoms with Crippen LogP contribution in [0.15, 0.2) is 24.3 Å². The molecule has 1 N–H and O–H groups in total. The number of carbonyl (C=O) groups is 1. The van der Waals surface area contributed by atoms with Crippen LogP contribution in [-0.2, 0) is 21.2 Å². The molecule has 29 heavy (non-hydrogen) atoms. The van der Waals surface area contributed by atoms with Crippen LogP contribution >= 0.6 is 0 Å². The molecule has 0 bridgehead atoms.